The van der Waals surface area contributed by atoms with Crippen molar-refractivity contribution in [2.45, 2.75) is 39.5 Å². The molecule has 98 valence electrons. The summed E-state index contributed by atoms with van der Waals surface area (Å²) in [6.07, 6.45) is 4.52. The summed E-state index contributed by atoms with van der Waals surface area (Å²) in [6.45, 7) is 6.41. The van der Waals surface area contributed by atoms with E-state index >= 15 is 0 Å². The van der Waals surface area contributed by atoms with Gasteiger partial charge in [-0.25, -0.2) is 0 Å². The number of anilines is 1. The number of rotatable bonds is 7. The van der Waals surface area contributed by atoms with Gasteiger partial charge in [0, 0.05) is 30.8 Å². The second-order valence-electron chi connectivity index (χ2n) is 5.21. The zero-order valence-corrected chi connectivity index (χ0v) is 11.5. The zero-order chi connectivity index (χ0) is 13.0. The fourth-order valence-corrected chi connectivity index (χ4v) is 2.27. The molecule has 1 aliphatic carbocycles. The van der Waals surface area contributed by atoms with Crippen LogP contribution in [0.2, 0.25) is 0 Å². The van der Waals surface area contributed by atoms with Crippen molar-refractivity contribution in [3.05, 3.63) is 29.8 Å². The van der Waals surface area contributed by atoms with E-state index in [0.717, 1.165) is 18.0 Å². The van der Waals surface area contributed by atoms with Gasteiger partial charge in [-0.2, -0.15) is 0 Å². The van der Waals surface area contributed by atoms with Crippen molar-refractivity contribution in [1.82, 2.24) is 0 Å². The van der Waals surface area contributed by atoms with Crippen LogP contribution in [0.5, 0.6) is 0 Å². The minimum atomic E-state index is 0.228. The normalized spacial score (nSPS) is 14.6. The molecule has 0 spiro atoms. The number of benzene rings is 1. The lowest BCUT2D eigenvalue weighted by Gasteiger charge is -2.24. The number of hydrogen-bond donors (Lipinski definition) is 0. The Morgan fingerprint density at radius 3 is 2.39 bits per heavy atom. The second-order valence-corrected chi connectivity index (χ2v) is 5.21. The van der Waals surface area contributed by atoms with E-state index in [2.05, 4.69) is 24.0 Å². The molecule has 1 aromatic rings. The molecule has 0 aromatic heterocycles. The molecule has 0 unspecified atom stereocenters. The molecule has 0 saturated heterocycles. The third kappa shape index (κ3) is 3.34. The molecule has 0 radical (unpaired) electrons. The van der Waals surface area contributed by atoms with Gasteiger partial charge in [0.15, 0.2) is 5.78 Å². The first-order valence-corrected chi connectivity index (χ1v) is 7.12. The molecule has 1 fully saturated rings. The van der Waals surface area contributed by atoms with E-state index in [9.17, 15) is 4.79 Å². The first kappa shape index (κ1) is 13.1. The van der Waals surface area contributed by atoms with Crippen LogP contribution in [0.1, 0.15) is 49.9 Å². The highest BCUT2D eigenvalue weighted by Gasteiger charge is 2.24. The molecule has 2 heteroatoms. The fourth-order valence-electron chi connectivity index (χ4n) is 2.27. The van der Waals surface area contributed by atoms with E-state index in [1.54, 1.807) is 0 Å². The van der Waals surface area contributed by atoms with E-state index in [-0.39, 0.29) is 5.78 Å². The predicted molar refractivity (Wildman–Crippen MR) is 76.3 cm³/mol. The topological polar surface area (TPSA) is 20.3 Å². The molecular weight excluding hydrogens is 222 g/mol. The maximum Gasteiger partial charge on any atom is 0.162 e. The van der Waals surface area contributed by atoms with Crippen LogP contribution < -0.4 is 4.90 Å². The van der Waals surface area contributed by atoms with Crippen molar-refractivity contribution in [3.8, 4) is 0 Å². The second kappa shape index (κ2) is 6.03. The molecule has 0 N–H and O–H groups in total. The third-order valence-corrected chi connectivity index (χ3v) is 3.54. The van der Waals surface area contributed by atoms with E-state index in [1.807, 2.05) is 19.1 Å². The van der Waals surface area contributed by atoms with Crippen molar-refractivity contribution >= 4 is 11.5 Å². The maximum atomic E-state index is 11.6. The molecule has 1 aliphatic rings. The first-order chi connectivity index (χ1) is 8.74. The van der Waals surface area contributed by atoms with Gasteiger partial charge < -0.3 is 4.90 Å². The van der Waals surface area contributed by atoms with Gasteiger partial charge >= 0.3 is 0 Å². The van der Waals surface area contributed by atoms with Gasteiger partial charge in [-0.15, -0.1) is 0 Å². The van der Waals surface area contributed by atoms with Crippen LogP contribution in [0.3, 0.4) is 0 Å². The van der Waals surface area contributed by atoms with Crippen molar-refractivity contribution in [2.24, 2.45) is 5.92 Å². The summed E-state index contributed by atoms with van der Waals surface area (Å²) in [4.78, 5) is 14.1. The molecule has 2 nitrogen and oxygen atoms in total. The number of ketones is 1. The maximum absolute atomic E-state index is 11.6. The molecule has 0 amide bonds. The minimum absolute atomic E-state index is 0.228. The Balaban J connectivity index is 2.06. The first-order valence-electron chi connectivity index (χ1n) is 7.12. The Kier molecular flexibility index (Phi) is 4.40. The van der Waals surface area contributed by atoms with Crippen molar-refractivity contribution in [3.63, 3.8) is 0 Å². The average molecular weight is 245 g/mol. The lowest BCUT2D eigenvalue weighted by atomic mass is 10.1. The summed E-state index contributed by atoms with van der Waals surface area (Å²) >= 11 is 0. The smallest absolute Gasteiger partial charge is 0.162 e. The number of carbonyl (C=O) groups is 1. The lowest BCUT2D eigenvalue weighted by Crippen LogP contribution is -2.26. The standard InChI is InChI=1S/C16H23NO/c1-3-11-17(12-13-5-6-13)15-9-7-14(8-10-15)16(18)4-2/h7-10,13H,3-6,11-12H2,1-2H3. The fraction of sp³-hybridized carbons (Fsp3) is 0.562. The molecular formula is C16H23NO. The van der Waals surface area contributed by atoms with Gasteiger partial charge in [-0.3, -0.25) is 4.79 Å². The molecule has 2 rings (SSSR count). The van der Waals surface area contributed by atoms with Gasteiger partial charge in [-0.05, 0) is 49.4 Å². The van der Waals surface area contributed by atoms with Crippen molar-refractivity contribution in [2.75, 3.05) is 18.0 Å². The number of carbonyl (C=O) groups excluding carboxylic acids is 1. The highest BCUT2D eigenvalue weighted by atomic mass is 16.1. The molecule has 0 aliphatic heterocycles. The van der Waals surface area contributed by atoms with Crippen molar-refractivity contribution in [1.29, 1.82) is 0 Å². The van der Waals surface area contributed by atoms with Gasteiger partial charge in [0.25, 0.3) is 0 Å². The Morgan fingerprint density at radius 1 is 1.22 bits per heavy atom. The SMILES string of the molecule is CCCN(CC1CC1)c1ccc(C(=O)CC)cc1. The molecule has 0 atom stereocenters. The zero-order valence-electron chi connectivity index (χ0n) is 11.5. The van der Waals surface area contributed by atoms with Crippen LogP contribution in [0.15, 0.2) is 24.3 Å². The predicted octanol–water partition coefficient (Wildman–Crippen LogP) is 3.91. The Morgan fingerprint density at radius 2 is 1.89 bits per heavy atom. The van der Waals surface area contributed by atoms with Gasteiger partial charge in [-0.1, -0.05) is 13.8 Å². The van der Waals surface area contributed by atoms with Crippen LogP contribution in [-0.4, -0.2) is 18.9 Å². The highest BCUT2D eigenvalue weighted by molar-refractivity contribution is 5.96. The average Bonchev–Trinajstić information content (AvgIpc) is 3.21. The van der Waals surface area contributed by atoms with Gasteiger partial charge in [0.1, 0.15) is 0 Å². The summed E-state index contributed by atoms with van der Waals surface area (Å²) in [5.74, 6) is 1.12. The number of Topliss-reactive ketones (excluding diaryl/α,β-unsaturated/α-hetero) is 1. The van der Waals surface area contributed by atoms with Gasteiger partial charge in [0.05, 0.1) is 0 Å². The highest BCUT2D eigenvalue weighted by Crippen LogP contribution is 2.31. The van der Waals surface area contributed by atoms with E-state index in [4.69, 9.17) is 0 Å². The van der Waals surface area contributed by atoms with Crippen LogP contribution in [0.4, 0.5) is 5.69 Å². The number of hydrogen-bond acceptors (Lipinski definition) is 2. The quantitative estimate of drug-likeness (QED) is 0.679. The van der Waals surface area contributed by atoms with Gasteiger partial charge in [0.2, 0.25) is 0 Å². The molecule has 1 aromatic carbocycles. The summed E-state index contributed by atoms with van der Waals surface area (Å²) in [5.41, 5.74) is 2.10. The third-order valence-electron chi connectivity index (χ3n) is 3.54. The summed E-state index contributed by atoms with van der Waals surface area (Å²) in [5, 5.41) is 0. The van der Waals surface area contributed by atoms with E-state index in [1.165, 1.54) is 31.5 Å². The molecule has 0 heterocycles. The Labute approximate surface area is 110 Å². The van der Waals surface area contributed by atoms with Crippen molar-refractivity contribution < 1.29 is 4.79 Å². The van der Waals surface area contributed by atoms with E-state index in [0.29, 0.717) is 6.42 Å². The minimum Gasteiger partial charge on any atom is -0.371 e. The molecule has 0 bridgehead atoms. The Bertz CT molecular complexity index is 392. The summed E-state index contributed by atoms with van der Waals surface area (Å²) in [6, 6.07) is 8.13. The summed E-state index contributed by atoms with van der Waals surface area (Å²) < 4.78 is 0. The largest absolute Gasteiger partial charge is 0.371 e. The van der Waals surface area contributed by atoms with Crippen LogP contribution in [0.25, 0.3) is 0 Å². The molecule has 1 saturated carbocycles. The van der Waals surface area contributed by atoms with Crippen LogP contribution >= 0.6 is 0 Å². The summed E-state index contributed by atoms with van der Waals surface area (Å²) in [7, 11) is 0. The number of nitrogens with zero attached hydrogens (tertiary/aromatic N) is 1. The lowest BCUT2D eigenvalue weighted by molar-refractivity contribution is 0.0988. The van der Waals surface area contributed by atoms with Crippen LogP contribution in [0, 0.1) is 5.92 Å². The monoisotopic (exact) mass is 245 g/mol. The van der Waals surface area contributed by atoms with E-state index < -0.39 is 0 Å². The molecule has 18 heavy (non-hydrogen) atoms. The Hall–Kier alpha value is -1.31. The van der Waals surface area contributed by atoms with Crippen LogP contribution in [-0.2, 0) is 0 Å².